The van der Waals surface area contributed by atoms with Crippen molar-refractivity contribution in [1.82, 2.24) is 10.1 Å². The summed E-state index contributed by atoms with van der Waals surface area (Å²) < 4.78 is 11.7. The fourth-order valence-corrected chi connectivity index (χ4v) is 3.47. The molecule has 0 spiro atoms. The van der Waals surface area contributed by atoms with Crippen LogP contribution in [0, 0.1) is 0 Å². The highest BCUT2D eigenvalue weighted by atomic mass is 16.5. The van der Waals surface area contributed by atoms with Crippen LogP contribution in [0.1, 0.15) is 77.8 Å². The van der Waals surface area contributed by atoms with Crippen LogP contribution in [-0.2, 0) is 17.3 Å². The summed E-state index contributed by atoms with van der Waals surface area (Å²) in [6.07, 6.45) is 3.69. The van der Waals surface area contributed by atoms with E-state index in [9.17, 15) is 0 Å². The first kappa shape index (κ1) is 23.1. The summed E-state index contributed by atoms with van der Waals surface area (Å²) in [7, 11) is 0. The van der Waals surface area contributed by atoms with E-state index in [4.69, 9.17) is 9.26 Å². The predicted molar refractivity (Wildman–Crippen MR) is 127 cm³/mol. The van der Waals surface area contributed by atoms with E-state index in [-0.39, 0.29) is 10.8 Å². The molecule has 0 unspecified atom stereocenters. The zero-order valence-corrected chi connectivity index (χ0v) is 19.9. The molecule has 0 atom stereocenters. The number of benzene rings is 2. The van der Waals surface area contributed by atoms with Gasteiger partial charge >= 0.3 is 0 Å². The Morgan fingerprint density at radius 3 is 2.29 bits per heavy atom. The van der Waals surface area contributed by atoms with Crippen LogP contribution in [0.2, 0.25) is 0 Å². The highest BCUT2D eigenvalue weighted by Gasteiger charge is 2.26. The lowest BCUT2D eigenvalue weighted by Gasteiger charge is -2.30. The fraction of sp³-hybridized carbons (Fsp3) is 0.481. The van der Waals surface area contributed by atoms with Crippen molar-refractivity contribution in [2.75, 3.05) is 6.61 Å². The van der Waals surface area contributed by atoms with Gasteiger partial charge in [0.1, 0.15) is 5.75 Å². The first-order valence-electron chi connectivity index (χ1n) is 11.4. The van der Waals surface area contributed by atoms with Crippen molar-refractivity contribution in [2.45, 2.75) is 78.1 Å². The van der Waals surface area contributed by atoms with Crippen molar-refractivity contribution in [2.24, 2.45) is 0 Å². The third kappa shape index (κ3) is 5.55. The third-order valence-corrected chi connectivity index (χ3v) is 6.55. The summed E-state index contributed by atoms with van der Waals surface area (Å²) in [4.78, 5) is 4.51. The predicted octanol–water partition coefficient (Wildman–Crippen LogP) is 7.12. The molecular formula is C27H36N2O2. The number of rotatable bonds is 10. The normalized spacial score (nSPS) is 12.2. The second-order valence-corrected chi connectivity index (χ2v) is 9.52. The molecule has 0 aliphatic carbocycles. The van der Waals surface area contributed by atoms with E-state index >= 15 is 0 Å². The van der Waals surface area contributed by atoms with E-state index in [0.29, 0.717) is 24.7 Å². The maximum atomic E-state index is 6.25. The number of ether oxygens (including phenoxy) is 1. The van der Waals surface area contributed by atoms with Crippen LogP contribution in [0.4, 0.5) is 0 Å². The van der Waals surface area contributed by atoms with E-state index in [1.807, 2.05) is 30.3 Å². The first-order chi connectivity index (χ1) is 14.8. The molecular weight excluding hydrogens is 384 g/mol. The summed E-state index contributed by atoms with van der Waals surface area (Å²) in [6.45, 7) is 14.3. The Morgan fingerprint density at radius 2 is 1.61 bits per heavy atom. The van der Waals surface area contributed by atoms with Gasteiger partial charge in [-0.2, -0.15) is 4.98 Å². The molecule has 0 bridgehead atoms. The molecule has 3 aromatic rings. The molecule has 0 fully saturated rings. The molecule has 0 N–H and O–H groups in total. The number of hydrogen-bond acceptors (Lipinski definition) is 4. The molecule has 1 aromatic heterocycles. The monoisotopic (exact) mass is 420 g/mol. The number of nitrogens with zero attached hydrogens (tertiary/aromatic N) is 2. The van der Waals surface area contributed by atoms with Gasteiger partial charge in [0.2, 0.25) is 11.7 Å². The molecule has 4 heteroatoms. The van der Waals surface area contributed by atoms with E-state index in [2.05, 4.69) is 69.9 Å². The smallest absolute Gasteiger partial charge is 0.227 e. The topological polar surface area (TPSA) is 48.2 Å². The van der Waals surface area contributed by atoms with Gasteiger partial charge in [0.15, 0.2) is 0 Å². The van der Waals surface area contributed by atoms with Gasteiger partial charge in [-0.05, 0) is 41.7 Å². The zero-order chi connectivity index (χ0) is 22.5. The maximum Gasteiger partial charge on any atom is 0.227 e. The molecule has 0 saturated heterocycles. The molecule has 2 aromatic carbocycles. The summed E-state index contributed by atoms with van der Waals surface area (Å²) in [6, 6.07) is 16.6. The van der Waals surface area contributed by atoms with Gasteiger partial charge in [-0.3, -0.25) is 0 Å². The summed E-state index contributed by atoms with van der Waals surface area (Å²) >= 11 is 0. The Bertz CT molecular complexity index is 974. The second-order valence-electron chi connectivity index (χ2n) is 9.52. The van der Waals surface area contributed by atoms with Crippen LogP contribution in [0.5, 0.6) is 5.75 Å². The minimum absolute atomic E-state index is 0.0617. The molecule has 0 amide bonds. The Morgan fingerprint density at radius 1 is 0.903 bits per heavy atom. The van der Waals surface area contributed by atoms with Gasteiger partial charge < -0.3 is 9.26 Å². The molecule has 4 nitrogen and oxygen atoms in total. The van der Waals surface area contributed by atoms with Gasteiger partial charge in [0, 0.05) is 17.5 Å². The Balaban J connectivity index is 1.65. The molecule has 3 rings (SSSR count). The zero-order valence-electron chi connectivity index (χ0n) is 19.9. The average Bonchev–Trinajstić information content (AvgIpc) is 3.26. The van der Waals surface area contributed by atoms with Gasteiger partial charge in [0.25, 0.3) is 0 Å². The number of aromatic nitrogens is 2. The highest BCUT2D eigenvalue weighted by molar-refractivity contribution is 5.53. The Labute approximate surface area is 187 Å². The summed E-state index contributed by atoms with van der Waals surface area (Å²) in [5.41, 5.74) is 3.85. The Kier molecular flexibility index (Phi) is 7.19. The van der Waals surface area contributed by atoms with Crippen LogP contribution in [0.15, 0.2) is 53.1 Å². The molecule has 31 heavy (non-hydrogen) atoms. The minimum Gasteiger partial charge on any atom is -0.493 e. The third-order valence-electron chi connectivity index (χ3n) is 6.55. The van der Waals surface area contributed by atoms with Gasteiger partial charge in [-0.15, -0.1) is 0 Å². The number of hydrogen-bond donors (Lipinski definition) is 0. The summed E-state index contributed by atoms with van der Waals surface area (Å²) in [5, 5.41) is 4.09. The second kappa shape index (κ2) is 9.67. The SMILES string of the molecule is CCC(C)(C)c1ccc(OCCCc2nc(-c3ccccc3)no2)c(C(C)(C)CC)c1. The minimum atomic E-state index is 0.0617. The maximum absolute atomic E-state index is 6.25. The lowest BCUT2D eigenvalue weighted by molar-refractivity contribution is 0.289. The molecule has 0 aliphatic rings. The molecule has 0 saturated carbocycles. The van der Waals surface area contributed by atoms with E-state index < -0.39 is 0 Å². The van der Waals surface area contributed by atoms with E-state index in [0.717, 1.165) is 30.6 Å². The van der Waals surface area contributed by atoms with E-state index in [1.165, 1.54) is 11.1 Å². The molecule has 0 radical (unpaired) electrons. The Hall–Kier alpha value is -2.62. The van der Waals surface area contributed by atoms with Crippen LogP contribution in [0.3, 0.4) is 0 Å². The average molecular weight is 421 g/mol. The van der Waals surface area contributed by atoms with Gasteiger partial charge in [-0.1, -0.05) is 89.2 Å². The summed E-state index contributed by atoms with van der Waals surface area (Å²) in [5.74, 6) is 2.27. The standard InChI is InChI=1S/C27H36N2O2/c1-7-26(3,4)21-16-17-23(22(19-21)27(5,6)8-2)30-18-12-15-24-28-25(29-31-24)20-13-10-9-11-14-20/h9-11,13-14,16-17,19H,7-8,12,15,18H2,1-6H3. The lowest BCUT2D eigenvalue weighted by Crippen LogP contribution is -2.21. The van der Waals surface area contributed by atoms with Crippen molar-refractivity contribution >= 4 is 0 Å². The molecule has 166 valence electrons. The van der Waals surface area contributed by atoms with Crippen LogP contribution in [-0.4, -0.2) is 16.7 Å². The quantitative estimate of drug-likeness (QED) is 0.328. The van der Waals surface area contributed by atoms with Crippen molar-refractivity contribution in [3.05, 3.63) is 65.5 Å². The largest absolute Gasteiger partial charge is 0.493 e. The van der Waals surface area contributed by atoms with Gasteiger partial charge in [0.05, 0.1) is 6.61 Å². The lowest BCUT2D eigenvalue weighted by atomic mass is 9.76. The van der Waals surface area contributed by atoms with Crippen LogP contribution < -0.4 is 4.74 Å². The fourth-order valence-electron chi connectivity index (χ4n) is 3.47. The van der Waals surface area contributed by atoms with Crippen LogP contribution in [0.25, 0.3) is 11.4 Å². The van der Waals surface area contributed by atoms with E-state index in [1.54, 1.807) is 0 Å². The van der Waals surface area contributed by atoms with Gasteiger partial charge in [-0.25, -0.2) is 0 Å². The van der Waals surface area contributed by atoms with Crippen molar-refractivity contribution in [3.63, 3.8) is 0 Å². The van der Waals surface area contributed by atoms with Crippen molar-refractivity contribution in [3.8, 4) is 17.1 Å². The van der Waals surface area contributed by atoms with Crippen molar-refractivity contribution in [1.29, 1.82) is 0 Å². The number of aryl methyl sites for hydroxylation is 1. The first-order valence-corrected chi connectivity index (χ1v) is 11.4. The molecule has 1 heterocycles. The highest BCUT2D eigenvalue weighted by Crippen LogP contribution is 2.38. The van der Waals surface area contributed by atoms with Crippen LogP contribution >= 0.6 is 0 Å². The molecule has 0 aliphatic heterocycles. The van der Waals surface area contributed by atoms with Crippen molar-refractivity contribution < 1.29 is 9.26 Å².